The van der Waals surface area contributed by atoms with Crippen molar-refractivity contribution >= 4 is 16.9 Å². The summed E-state index contributed by atoms with van der Waals surface area (Å²) in [5.41, 5.74) is 3.86. The third-order valence-corrected chi connectivity index (χ3v) is 2.91. The molecular formula is C14H12N2O3. The second-order valence-corrected chi connectivity index (χ2v) is 4.13. The summed E-state index contributed by atoms with van der Waals surface area (Å²) < 4.78 is 7.35. The molecule has 0 atom stereocenters. The van der Waals surface area contributed by atoms with Crippen LogP contribution in [0, 0.1) is 0 Å². The van der Waals surface area contributed by atoms with E-state index in [0.29, 0.717) is 23.3 Å². The summed E-state index contributed by atoms with van der Waals surface area (Å²) >= 11 is 0. The minimum atomic E-state index is -0.978. The van der Waals surface area contributed by atoms with E-state index in [9.17, 15) is 9.90 Å². The Labute approximate surface area is 109 Å². The molecular weight excluding hydrogens is 244 g/mol. The highest BCUT2D eigenvalue weighted by Crippen LogP contribution is 2.25. The summed E-state index contributed by atoms with van der Waals surface area (Å²) in [6.07, 6.45) is 3.67. The first-order valence-corrected chi connectivity index (χ1v) is 5.86. The molecule has 0 aliphatic carbocycles. The minimum Gasteiger partial charge on any atom is -0.478 e. The molecule has 3 aromatic rings. The third kappa shape index (κ3) is 2.06. The van der Waals surface area contributed by atoms with E-state index in [-0.39, 0.29) is 5.56 Å². The Bertz CT molecular complexity index is 713. The number of benzene rings is 1. The van der Waals surface area contributed by atoms with E-state index in [4.69, 9.17) is 4.42 Å². The Balaban J connectivity index is 1.98. The van der Waals surface area contributed by atoms with Gasteiger partial charge in [0.05, 0.1) is 6.54 Å². The van der Waals surface area contributed by atoms with Crippen molar-refractivity contribution in [3.8, 4) is 0 Å². The molecule has 0 spiro atoms. The number of aromatic nitrogens is 1. The number of fused-ring (bicyclic) bond motifs is 1. The lowest BCUT2D eigenvalue weighted by Crippen LogP contribution is -2.13. The number of aromatic carboxylic acids is 1. The van der Waals surface area contributed by atoms with Gasteiger partial charge >= 0.3 is 5.97 Å². The van der Waals surface area contributed by atoms with Crippen LogP contribution in [-0.4, -0.2) is 15.8 Å². The molecule has 0 unspecified atom stereocenters. The van der Waals surface area contributed by atoms with Crippen LogP contribution in [0.25, 0.3) is 11.0 Å². The fourth-order valence-electron chi connectivity index (χ4n) is 2.06. The summed E-state index contributed by atoms with van der Waals surface area (Å²) in [6, 6.07) is 10.9. The first-order chi connectivity index (χ1) is 9.25. The Kier molecular flexibility index (Phi) is 2.72. The fraction of sp³-hybridized carbons (Fsp3) is 0.0714. The van der Waals surface area contributed by atoms with Gasteiger partial charge in [0, 0.05) is 17.8 Å². The van der Waals surface area contributed by atoms with Gasteiger partial charge in [0.2, 0.25) is 0 Å². The largest absolute Gasteiger partial charge is 0.478 e. The number of carboxylic acids is 1. The molecule has 0 saturated heterocycles. The first-order valence-electron chi connectivity index (χ1n) is 5.86. The minimum absolute atomic E-state index is 0.218. The molecule has 2 aromatic heterocycles. The van der Waals surface area contributed by atoms with Gasteiger partial charge in [0.25, 0.3) is 0 Å². The molecule has 5 nitrogen and oxygen atoms in total. The molecule has 0 aliphatic rings. The van der Waals surface area contributed by atoms with Crippen LogP contribution in [0.1, 0.15) is 16.1 Å². The van der Waals surface area contributed by atoms with Gasteiger partial charge in [-0.1, -0.05) is 18.2 Å². The molecule has 96 valence electrons. The number of rotatable bonds is 4. The summed E-state index contributed by atoms with van der Waals surface area (Å²) in [7, 11) is 0. The van der Waals surface area contributed by atoms with Gasteiger partial charge in [-0.25, -0.2) is 4.79 Å². The van der Waals surface area contributed by atoms with Crippen molar-refractivity contribution < 1.29 is 14.3 Å². The van der Waals surface area contributed by atoms with E-state index < -0.39 is 5.97 Å². The van der Waals surface area contributed by atoms with E-state index >= 15 is 0 Å². The highest BCUT2D eigenvalue weighted by molar-refractivity contribution is 6.03. The van der Waals surface area contributed by atoms with Gasteiger partial charge in [-0.3, -0.25) is 4.68 Å². The zero-order chi connectivity index (χ0) is 13.2. The number of furan rings is 1. The van der Waals surface area contributed by atoms with Crippen LogP contribution in [0.3, 0.4) is 0 Å². The summed E-state index contributed by atoms with van der Waals surface area (Å²) in [4.78, 5) is 11.4. The van der Waals surface area contributed by atoms with Gasteiger partial charge in [-0.2, -0.15) is 0 Å². The van der Waals surface area contributed by atoms with Crippen LogP contribution in [-0.2, 0) is 6.54 Å². The maximum absolute atomic E-state index is 11.4. The number of nitrogens with one attached hydrogen (secondary N) is 1. The molecule has 1 aromatic carbocycles. The smallest absolute Gasteiger partial charge is 0.339 e. The van der Waals surface area contributed by atoms with Crippen LogP contribution in [0.4, 0.5) is 0 Å². The summed E-state index contributed by atoms with van der Waals surface area (Å²) in [5.74, 6) is -0.559. The number of hydrogen-bond acceptors (Lipinski definition) is 3. The quantitative estimate of drug-likeness (QED) is 0.753. The predicted octanol–water partition coefficient (Wildman–Crippen LogP) is 2.68. The topological polar surface area (TPSA) is 67.4 Å². The van der Waals surface area contributed by atoms with Gasteiger partial charge in [0.1, 0.15) is 16.9 Å². The second-order valence-electron chi connectivity index (χ2n) is 4.13. The zero-order valence-electron chi connectivity index (χ0n) is 10.0. The number of nitrogens with zero attached hydrogens (tertiary/aromatic N) is 1. The number of para-hydroxylation sites is 1. The van der Waals surface area contributed by atoms with E-state index in [0.717, 1.165) is 0 Å². The lowest BCUT2D eigenvalue weighted by Gasteiger charge is -2.05. The van der Waals surface area contributed by atoms with Crippen molar-refractivity contribution in [3.05, 3.63) is 60.1 Å². The van der Waals surface area contributed by atoms with E-state index in [2.05, 4.69) is 5.43 Å². The lowest BCUT2D eigenvalue weighted by molar-refractivity contribution is 0.0696. The van der Waals surface area contributed by atoms with Crippen molar-refractivity contribution in [3.63, 3.8) is 0 Å². The van der Waals surface area contributed by atoms with E-state index in [1.54, 1.807) is 22.9 Å². The normalized spacial score (nSPS) is 10.7. The number of hydrogen-bond donors (Lipinski definition) is 2. The van der Waals surface area contributed by atoms with Crippen LogP contribution in [0.15, 0.2) is 53.2 Å². The SMILES string of the molecule is O=C(O)c1c(CNn2cccc2)oc2ccccc12. The van der Waals surface area contributed by atoms with E-state index in [1.807, 2.05) is 30.6 Å². The van der Waals surface area contributed by atoms with Crippen LogP contribution < -0.4 is 5.43 Å². The highest BCUT2D eigenvalue weighted by Gasteiger charge is 2.19. The fourth-order valence-corrected chi connectivity index (χ4v) is 2.06. The Morgan fingerprint density at radius 2 is 1.95 bits per heavy atom. The third-order valence-electron chi connectivity index (χ3n) is 2.91. The zero-order valence-corrected chi connectivity index (χ0v) is 10.0. The van der Waals surface area contributed by atoms with Gasteiger partial charge in [0.15, 0.2) is 0 Å². The second kappa shape index (κ2) is 4.53. The standard InChI is InChI=1S/C14H12N2O3/c17-14(18)13-10-5-1-2-6-11(10)19-12(13)9-15-16-7-3-4-8-16/h1-8,15H,9H2,(H,17,18). The van der Waals surface area contributed by atoms with Gasteiger partial charge in [-0.15, -0.1) is 0 Å². The first kappa shape index (κ1) is 11.4. The summed E-state index contributed by atoms with van der Waals surface area (Å²) in [5, 5.41) is 9.94. The van der Waals surface area contributed by atoms with Crippen molar-refractivity contribution in [1.29, 1.82) is 0 Å². The number of carboxylic acid groups (broad SMARTS) is 1. The Morgan fingerprint density at radius 3 is 2.68 bits per heavy atom. The molecule has 0 fully saturated rings. The van der Waals surface area contributed by atoms with Crippen molar-refractivity contribution in [2.24, 2.45) is 0 Å². The maximum atomic E-state index is 11.4. The van der Waals surface area contributed by atoms with Crippen LogP contribution in [0.5, 0.6) is 0 Å². The molecule has 0 amide bonds. The number of carbonyl (C=O) groups is 1. The molecule has 0 aliphatic heterocycles. The Hall–Kier alpha value is -2.69. The van der Waals surface area contributed by atoms with Gasteiger partial charge < -0.3 is 14.9 Å². The average Bonchev–Trinajstić information content (AvgIpc) is 3.03. The Morgan fingerprint density at radius 1 is 1.21 bits per heavy atom. The summed E-state index contributed by atoms with van der Waals surface area (Å²) in [6.45, 7) is 0.311. The lowest BCUT2D eigenvalue weighted by atomic mass is 10.1. The molecule has 0 saturated carbocycles. The molecule has 0 bridgehead atoms. The van der Waals surface area contributed by atoms with Crippen molar-refractivity contribution in [2.75, 3.05) is 5.43 Å². The predicted molar refractivity (Wildman–Crippen MR) is 70.7 cm³/mol. The van der Waals surface area contributed by atoms with Crippen molar-refractivity contribution in [1.82, 2.24) is 4.68 Å². The highest BCUT2D eigenvalue weighted by atomic mass is 16.4. The van der Waals surface area contributed by atoms with E-state index in [1.165, 1.54) is 0 Å². The molecule has 2 N–H and O–H groups in total. The van der Waals surface area contributed by atoms with Crippen molar-refractivity contribution in [2.45, 2.75) is 6.54 Å². The van der Waals surface area contributed by atoms with Crippen LogP contribution >= 0.6 is 0 Å². The molecule has 0 radical (unpaired) electrons. The van der Waals surface area contributed by atoms with Crippen LogP contribution in [0.2, 0.25) is 0 Å². The monoisotopic (exact) mass is 256 g/mol. The maximum Gasteiger partial charge on any atom is 0.339 e. The molecule has 5 heteroatoms. The molecule has 19 heavy (non-hydrogen) atoms. The average molecular weight is 256 g/mol. The molecule has 2 heterocycles. The molecule has 3 rings (SSSR count). The van der Waals surface area contributed by atoms with Gasteiger partial charge in [-0.05, 0) is 18.2 Å².